The quantitative estimate of drug-likeness (QED) is 0.348. The zero-order chi connectivity index (χ0) is 25.8. The fraction of sp³-hybridized carbons (Fsp3) is 0.429. The fourth-order valence-electron chi connectivity index (χ4n) is 4.38. The average Bonchev–Trinajstić information content (AvgIpc) is 3.25. The summed E-state index contributed by atoms with van der Waals surface area (Å²) in [6.45, 7) is 0.930. The van der Waals surface area contributed by atoms with Crippen molar-refractivity contribution in [2.75, 3.05) is 24.7 Å². The van der Waals surface area contributed by atoms with Crippen LogP contribution in [-0.2, 0) is 22.9 Å². The van der Waals surface area contributed by atoms with E-state index in [-0.39, 0.29) is 29.4 Å². The van der Waals surface area contributed by atoms with E-state index >= 15 is 0 Å². The largest absolute Gasteiger partial charge is 0.475 e. The molecule has 5 rings (SSSR count). The number of nitrogens with two attached hydrogens (primary N) is 2. The van der Waals surface area contributed by atoms with Crippen LogP contribution in [0.25, 0.3) is 11.0 Å². The number of rotatable bonds is 5. The third-order valence-corrected chi connectivity index (χ3v) is 7.89. The first kappa shape index (κ1) is 25.3. The number of fused-ring (bicyclic) bond motifs is 1. The Labute approximate surface area is 209 Å². The molecule has 2 aliphatic heterocycles. The lowest BCUT2D eigenvalue weighted by Crippen LogP contribution is -2.44. The maximum Gasteiger partial charge on any atom is 0.475 e. The summed E-state index contributed by atoms with van der Waals surface area (Å²) in [5, 5.41) is 22.2. The minimum Gasteiger partial charge on any atom is -0.387 e. The molecule has 15 heteroatoms. The Morgan fingerprint density at radius 2 is 2.17 bits per heavy atom. The van der Waals surface area contributed by atoms with E-state index in [2.05, 4.69) is 9.97 Å². The van der Waals surface area contributed by atoms with Crippen molar-refractivity contribution in [3.05, 3.63) is 46.9 Å². The number of nitrogen functional groups attached to an aromatic ring is 2. The number of aromatic nitrogens is 3. The van der Waals surface area contributed by atoms with E-state index in [1.165, 1.54) is 6.92 Å². The molecule has 0 spiro atoms. The summed E-state index contributed by atoms with van der Waals surface area (Å²) in [5.41, 5.74) is 10.2. The first-order chi connectivity index (χ1) is 17.0. The van der Waals surface area contributed by atoms with Crippen LogP contribution in [0.15, 0.2) is 30.5 Å². The Morgan fingerprint density at radius 3 is 2.92 bits per heavy atom. The molecule has 1 unspecified atom stereocenters. The van der Waals surface area contributed by atoms with Crippen molar-refractivity contribution < 1.29 is 37.5 Å². The van der Waals surface area contributed by atoms with Crippen LogP contribution in [0.4, 0.5) is 16.2 Å². The number of nitrogens with zero attached hydrogens (tertiary/aromatic N) is 3. The molecule has 2 fully saturated rings. The molecule has 194 valence electrons. The zero-order valence-corrected chi connectivity index (χ0v) is 20.6. The molecule has 6 N–H and O–H groups in total. The van der Waals surface area contributed by atoms with Crippen LogP contribution in [0.3, 0.4) is 0 Å². The molecule has 4 heterocycles. The highest BCUT2D eigenvalue weighted by molar-refractivity contribution is 7.48. The summed E-state index contributed by atoms with van der Waals surface area (Å²) in [5.74, 6) is -1.17. The van der Waals surface area contributed by atoms with Gasteiger partial charge in [-0.1, -0.05) is 23.7 Å². The van der Waals surface area contributed by atoms with Crippen molar-refractivity contribution in [2.45, 2.75) is 43.5 Å². The molecule has 0 radical (unpaired) electrons. The van der Waals surface area contributed by atoms with Gasteiger partial charge in [0, 0.05) is 17.6 Å². The summed E-state index contributed by atoms with van der Waals surface area (Å²) < 4.78 is 51.1. The summed E-state index contributed by atoms with van der Waals surface area (Å²) in [6, 6.07) is 6.92. The van der Waals surface area contributed by atoms with Crippen molar-refractivity contribution in [3.63, 3.8) is 0 Å². The van der Waals surface area contributed by atoms with Gasteiger partial charge in [0.25, 0.3) is 0 Å². The van der Waals surface area contributed by atoms with Crippen molar-refractivity contribution in [2.24, 2.45) is 0 Å². The lowest BCUT2D eigenvalue weighted by Gasteiger charge is -2.30. The van der Waals surface area contributed by atoms with Crippen molar-refractivity contribution >= 4 is 42.2 Å². The lowest BCUT2D eigenvalue weighted by molar-refractivity contribution is -0.0952. The lowest BCUT2D eigenvalue weighted by atomic mass is 9.96. The number of halogens is 2. The van der Waals surface area contributed by atoms with Crippen LogP contribution in [0.5, 0.6) is 0 Å². The number of ether oxygens (including phenoxy) is 1. The minimum absolute atomic E-state index is 0.0346. The highest BCUT2D eigenvalue weighted by Gasteiger charge is 2.54. The zero-order valence-electron chi connectivity index (χ0n) is 19.0. The van der Waals surface area contributed by atoms with E-state index in [0.29, 0.717) is 17.0 Å². The number of phosphoric ester groups is 1. The molecule has 36 heavy (non-hydrogen) atoms. The van der Waals surface area contributed by atoms with E-state index in [1.54, 1.807) is 24.3 Å². The number of benzene rings is 1. The Balaban J connectivity index is 1.34. The van der Waals surface area contributed by atoms with E-state index in [0.717, 1.165) is 10.8 Å². The van der Waals surface area contributed by atoms with Gasteiger partial charge in [0.15, 0.2) is 17.7 Å². The molecular weight excluding hydrogens is 520 g/mol. The number of aliphatic hydroxyl groups is 2. The number of phosphoric acid groups is 1. The van der Waals surface area contributed by atoms with Crippen LogP contribution in [0.1, 0.15) is 31.2 Å². The second kappa shape index (κ2) is 9.19. The second-order valence-corrected chi connectivity index (χ2v) is 10.8. The standard InChI is InChI=1S/C21H24ClFN5O7P/c1-21(30)16(29)14(34-19(21)28-8-12(23)15-17(24)26-20(25)27-18(15)28)9-33-36(31)32-6-5-13(35-36)10-3-2-4-11(22)7-10/h2-4,7-8,13-14,16,19,29-30H,5-6,9H2,1H3,(H4,24,25,26,27)/t13-,14+,16+,19+,21+,36?/m0/s1. The van der Waals surface area contributed by atoms with Gasteiger partial charge < -0.3 is 26.4 Å². The van der Waals surface area contributed by atoms with Gasteiger partial charge in [-0.2, -0.15) is 9.97 Å². The van der Waals surface area contributed by atoms with Crippen molar-refractivity contribution in [1.82, 2.24) is 14.5 Å². The van der Waals surface area contributed by atoms with Crippen LogP contribution in [0, 0.1) is 5.82 Å². The van der Waals surface area contributed by atoms with Gasteiger partial charge >= 0.3 is 7.82 Å². The predicted octanol–water partition coefficient (Wildman–Crippen LogP) is 2.70. The average molecular weight is 544 g/mol. The van der Waals surface area contributed by atoms with E-state index < -0.39 is 50.4 Å². The van der Waals surface area contributed by atoms with Gasteiger partial charge in [-0.25, -0.2) is 8.96 Å². The van der Waals surface area contributed by atoms with Crippen LogP contribution in [-0.4, -0.2) is 55.8 Å². The van der Waals surface area contributed by atoms with Gasteiger partial charge in [0.1, 0.15) is 23.6 Å². The molecule has 2 aliphatic rings. The van der Waals surface area contributed by atoms with Crippen molar-refractivity contribution in [1.29, 1.82) is 0 Å². The third kappa shape index (κ3) is 4.46. The molecule has 0 bridgehead atoms. The van der Waals surface area contributed by atoms with Crippen LogP contribution in [0.2, 0.25) is 5.02 Å². The van der Waals surface area contributed by atoms with Gasteiger partial charge in [-0.15, -0.1) is 0 Å². The first-order valence-corrected chi connectivity index (χ1v) is 12.8. The van der Waals surface area contributed by atoms with Gasteiger partial charge in [0.2, 0.25) is 5.95 Å². The maximum absolute atomic E-state index is 14.6. The monoisotopic (exact) mass is 543 g/mol. The molecule has 6 atom stereocenters. The van der Waals surface area contributed by atoms with Gasteiger partial charge in [0.05, 0.1) is 24.7 Å². The third-order valence-electron chi connectivity index (χ3n) is 6.18. The molecular formula is C21H24ClFN5O7P. The minimum atomic E-state index is -4.05. The molecule has 2 aromatic heterocycles. The molecule has 0 saturated carbocycles. The second-order valence-electron chi connectivity index (χ2n) is 8.76. The summed E-state index contributed by atoms with van der Waals surface area (Å²) in [6.07, 6.45) is -3.19. The van der Waals surface area contributed by atoms with E-state index in [4.69, 9.17) is 41.4 Å². The molecule has 2 saturated heterocycles. The Kier molecular flexibility index (Phi) is 6.46. The van der Waals surface area contributed by atoms with Crippen LogP contribution < -0.4 is 11.5 Å². The SMILES string of the molecule is C[C@@]1(O)[C@H](O)[C@@H](COP2(=O)OCC[C@@H](c3cccc(Cl)c3)O2)O[C@H]1n1cc(F)c2c(N)nc(N)nc21. The number of hydrogen-bond acceptors (Lipinski definition) is 11. The predicted molar refractivity (Wildman–Crippen MR) is 126 cm³/mol. The summed E-state index contributed by atoms with van der Waals surface area (Å²) in [7, 11) is -4.05. The van der Waals surface area contributed by atoms with Crippen molar-refractivity contribution in [3.8, 4) is 0 Å². The maximum atomic E-state index is 14.6. The highest BCUT2D eigenvalue weighted by atomic mass is 35.5. The van der Waals surface area contributed by atoms with Crippen LogP contribution >= 0.6 is 19.4 Å². The molecule has 12 nitrogen and oxygen atoms in total. The first-order valence-electron chi connectivity index (χ1n) is 11.0. The Hall–Kier alpha value is -2.35. The molecule has 3 aromatic rings. The highest BCUT2D eigenvalue weighted by Crippen LogP contribution is 2.57. The molecule has 0 amide bonds. The summed E-state index contributed by atoms with van der Waals surface area (Å²) >= 11 is 6.04. The fourth-order valence-corrected chi connectivity index (χ4v) is 5.97. The molecule has 0 aliphatic carbocycles. The number of aliphatic hydroxyl groups excluding tert-OH is 1. The van der Waals surface area contributed by atoms with E-state index in [1.807, 2.05) is 0 Å². The Morgan fingerprint density at radius 1 is 1.39 bits per heavy atom. The van der Waals surface area contributed by atoms with Gasteiger partial charge in [-0.05, 0) is 24.6 Å². The normalized spacial score (nSPS) is 32.8. The Bertz CT molecular complexity index is 1360. The smallest absolute Gasteiger partial charge is 0.387 e. The number of hydrogen-bond donors (Lipinski definition) is 4. The topological polar surface area (TPSA) is 177 Å². The molecule has 1 aromatic carbocycles. The number of anilines is 2. The van der Waals surface area contributed by atoms with Gasteiger partial charge in [-0.3, -0.25) is 18.1 Å². The van der Waals surface area contributed by atoms with E-state index in [9.17, 15) is 19.2 Å². The summed E-state index contributed by atoms with van der Waals surface area (Å²) in [4.78, 5) is 7.75.